The molecule has 216 valence electrons. The number of hydrogen-bond donors (Lipinski definition) is 2. The zero-order chi connectivity index (χ0) is 29.2. The number of nitrogens with zero attached hydrogens (tertiary/aromatic N) is 2. The highest BCUT2D eigenvalue weighted by Gasteiger charge is 2.30. The minimum Gasteiger partial charge on any atom is -0.489 e. The molecule has 40 heavy (non-hydrogen) atoms. The molecular weight excluding hydrogens is 560 g/mol. The molecule has 0 unspecified atom stereocenters. The number of sulfone groups is 1. The second-order valence-corrected chi connectivity index (χ2v) is 11.6. The monoisotopic (exact) mass is 586 g/mol. The summed E-state index contributed by atoms with van der Waals surface area (Å²) in [6, 6.07) is 2.10. The van der Waals surface area contributed by atoms with Crippen LogP contribution in [0.4, 0.5) is 17.6 Å². The number of amides is 1. The van der Waals surface area contributed by atoms with Crippen LogP contribution in [0.25, 0.3) is 11.5 Å². The van der Waals surface area contributed by atoms with Gasteiger partial charge in [-0.25, -0.2) is 22.2 Å². The third-order valence-corrected chi connectivity index (χ3v) is 6.74. The van der Waals surface area contributed by atoms with Gasteiger partial charge in [-0.2, -0.15) is 8.78 Å². The van der Waals surface area contributed by atoms with Crippen molar-refractivity contribution in [3.8, 4) is 23.0 Å². The second-order valence-electron chi connectivity index (χ2n) is 9.45. The summed E-state index contributed by atoms with van der Waals surface area (Å²) in [5.74, 6) is -3.96. The SMILES string of the molecule is C[C@H](N)c1oc(-c2ccc(OC(F)F)c(OCC3CC3)c2)nc1C(=O)N[C@@H](CS(C)(=O)=O)c1ncc(F)cc1F. The quantitative estimate of drug-likeness (QED) is 0.301. The highest BCUT2D eigenvalue weighted by Crippen LogP contribution is 2.37. The van der Waals surface area contributed by atoms with Crippen molar-refractivity contribution < 1.29 is 44.7 Å². The van der Waals surface area contributed by atoms with Crippen molar-refractivity contribution in [3.63, 3.8) is 0 Å². The van der Waals surface area contributed by atoms with Crippen molar-refractivity contribution in [3.05, 3.63) is 59.2 Å². The molecule has 2 aromatic heterocycles. The molecule has 4 rings (SSSR count). The molecule has 1 aliphatic carbocycles. The molecule has 1 aromatic carbocycles. The van der Waals surface area contributed by atoms with Crippen molar-refractivity contribution in [1.82, 2.24) is 15.3 Å². The van der Waals surface area contributed by atoms with Crippen molar-refractivity contribution >= 4 is 15.7 Å². The van der Waals surface area contributed by atoms with Crippen LogP contribution in [-0.4, -0.2) is 49.5 Å². The molecule has 0 aliphatic heterocycles. The van der Waals surface area contributed by atoms with E-state index in [0.717, 1.165) is 19.1 Å². The van der Waals surface area contributed by atoms with Gasteiger partial charge in [0.15, 0.2) is 23.0 Å². The highest BCUT2D eigenvalue weighted by molar-refractivity contribution is 7.90. The molecule has 1 fully saturated rings. The van der Waals surface area contributed by atoms with E-state index in [2.05, 4.69) is 20.0 Å². The summed E-state index contributed by atoms with van der Waals surface area (Å²) in [4.78, 5) is 21.1. The lowest BCUT2D eigenvalue weighted by molar-refractivity contribution is -0.0515. The number of halogens is 4. The lowest BCUT2D eigenvalue weighted by Gasteiger charge is -2.18. The molecule has 15 heteroatoms. The molecule has 0 saturated heterocycles. The molecule has 2 heterocycles. The number of nitrogens with one attached hydrogen (secondary N) is 1. The standard InChI is InChI=1S/C25H26F4N4O6S/c1-12(30)22-21(23(34)32-17(11-40(2,35)36)20-16(27)8-15(26)9-31-20)33-24(39-22)14-5-6-18(38-25(28)29)19(7-14)37-10-13-3-4-13/h5-9,12-13,17,25H,3-4,10-11,30H2,1-2H3,(H,32,34)/t12-,17-/m0/s1. The van der Waals surface area contributed by atoms with Gasteiger partial charge in [0.25, 0.3) is 5.91 Å². The lowest BCUT2D eigenvalue weighted by Crippen LogP contribution is -2.35. The Bertz CT molecular complexity index is 1490. The number of benzene rings is 1. The fourth-order valence-electron chi connectivity index (χ4n) is 3.77. The number of rotatable bonds is 12. The van der Waals surface area contributed by atoms with E-state index < -0.39 is 57.5 Å². The molecule has 3 aromatic rings. The molecule has 0 bridgehead atoms. The van der Waals surface area contributed by atoms with E-state index in [0.29, 0.717) is 24.8 Å². The maximum Gasteiger partial charge on any atom is 0.387 e. The number of nitrogens with two attached hydrogens (primary N) is 1. The van der Waals surface area contributed by atoms with E-state index in [-0.39, 0.29) is 34.4 Å². The van der Waals surface area contributed by atoms with Gasteiger partial charge in [-0.15, -0.1) is 0 Å². The number of carbonyl (C=O) groups is 1. The number of ether oxygens (including phenoxy) is 2. The van der Waals surface area contributed by atoms with Crippen LogP contribution in [0.2, 0.25) is 0 Å². The average Bonchev–Trinajstić information content (AvgIpc) is 3.56. The molecule has 10 nitrogen and oxygen atoms in total. The predicted molar refractivity (Wildman–Crippen MR) is 133 cm³/mol. The molecule has 1 aliphatic rings. The first-order valence-electron chi connectivity index (χ1n) is 12.1. The fourth-order valence-corrected chi connectivity index (χ4v) is 4.61. The van der Waals surface area contributed by atoms with E-state index in [1.165, 1.54) is 25.1 Å². The van der Waals surface area contributed by atoms with Gasteiger partial charge in [0.05, 0.1) is 36.3 Å². The summed E-state index contributed by atoms with van der Waals surface area (Å²) < 4.78 is 93.6. The highest BCUT2D eigenvalue weighted by atomic mass is 32.2. The average molecular weight is 587 g/mol. The maximum absolute atomic E-state index is 14.5. The van der Waals surface area contributed by atoms with Gasteiger partial charge in [-0.1, -0.05) is 0 Å². The molecule has 1 saturated carbocycles. The van der Waals surface area contributed by atoms with Crippen molar-refractivity contribution in [2.24, 2.45) is 11.7 Å². The zero-order valence-corrected chi connectivity index (χ0v) is 22.2. The van der Waals surface area contributed by atoms with Crippen molar-refractivity contribution in [2.75, 3.05) is 18.6 Å². The molecular formula is C25H26F4N4O6S. The van der Waals surface area contributed by atoms with Gasteiger partial charge in [-0.05, 0) is 43.9 Å². The maximum atomic E-state index is 14.5. The Labute approximate surface area is 226 Å². The number of oxazole rings is 1. The Kier molecular flexibility index (Phi) is 8.63. The van der Waals surface area contributed by atoms with Crippen LogP contribution in [0.5, 0.6) is 11.5 Å². The summed E-state index contributed by atoms with van der Waals surface area (Å²) in [6.45, 7) is -1.29. The molecule has 0 spiro atoms. The molecule has 0 radical (unpaired) electrons. The Morgan fingerprint density at radius 1 is 1.23 bits per heavy atom. The zero-order valence-electron chi connectivity index (χ0n) is 21.4. The van der Waals surface area contributed by atoms with E-state index in [9.17, 15) is 30.8 Å². The Hall–Kier alpha value is -3.72. The number of alkyl halides is 2. The molecule has 2 atom stereocenters. The van der Waals surface area contributed by atoms with Crippen LogP contribution < -0.4 is 20.5 Å². The fraction of sp³-hybridized carbons (Fsp3) is 0.400. The van der Waals surface area contributed by atoms with Crippen molar-refractivity contribution in [2.45, 2.75) is 38.5 Å². The van der Waals surface area contributed by atoms with Crippen molar-refractivity contribution in [1.29, 1.82) is 0 Å². The summed E-state index contributed by atoms with van der Waals surface area (Å²) in [5, 5.41) is 2.36. The van der Waals surface area contributed by atoms with Gasteiger partial charge in [-0.3, -0.25) is 9.78 Å². The number of aromatic nitrogens is 2. The lowest BCUT2D eigenvalue weighted by atomic mass is 10.1. The number of pyridine rings is 1. The van der Waals surface area contributed by atoms with E-state index in [1.807, 2.05) is 0 Å². The van der Waals surface area contributed by atoms with Crippen LogP contribution in [-0.2, 0) is 9.84 Å². The first kappa shape index (κ1) is 29.3. The van der Waals surface area contributed by atoms with E-state index in [1.54, 1.807) is 0 Å². The first-order valence-corrected chi connectivity index (χ1v) is 14.1. The smallest absolute Gasteiger partial charge is 0.387 e. The Morgan fingerprint density at radius 2 is 1.95 bits per heavy atom. The van der Waals surface area contributed by atoms with Gasteiger partial charge >= 0.3 is 6.61 Å². The van der Waals surface area contributed by atoms with Crippen LogP contribution in [0.1, 0.15) is 53.8 Å². The second kappa shape index (κ2) is 11.8. The normalized spacial score (nSPS) is 15.1. The Morgan fingerprint density at radius 3 is 2.55 bits per heavy atom. The topological polar surface area (TPSA) is 147 Å². The Balaban J connectivity index is 1.67. The summed E-state index contributed by atoms with van der Waals surface area (Å²) in [6.07, 6.45) is 3.47. The largest absolute Gasteiger partial charge is 0.489 e. The third kappa shape index (κ3) is 7.47. The van der Waals surface area contributed by atoms with Crippen LogP contribution in [0, 0.1) is 17.6 Å². The van der Waals surface area contributed by atoms with Crippen LogP contribution >= 0.6 is 0 Å². The first-order chi connectivity index (χ1) is 18.8. The summed E-state index contributed by atoms with van der Waals surface area (Å²) in [5.41, 5.74) is 5.38. The minimum atomic E-state index is -3.78. The minimum absolute atomic E-state index is 0.0160. The van der Waals surface area contributed by atoms with Gasteiger partial charge < -0.3 is 24.9 Å². The van der Waals surface area contributed by atoms with Gasteiger partial charge in [0, 0.05) is 17.9 Å². The third-order valence-electron chi connectivity index (χ3n) is 5.80. The summed E-state index contributed by atoms with van der Waals surface area (Å²) >= 11 is 0. The molecule has 1 amide bonds. The van der Waals surface area contributed by atoms with Gasteiger partial charge in [0.2, 0.25) is 5.89 Å². The van der Waals surface area contributed by atoms with Gasteiger partial charge in [0.1, 0.15) is 21.5 Å². The van der Waals surface area contributed by atoms with E-state index >= 15 is 0 Å². The predicted octanol–water partition coefficient (Wildman–Crippen LogP) is 3.94. The van der Waals surface area contributed by atoms with Crippen LogP contribution in [0.15, 0.2) is 34.9 Å². The summed E-state index contributed by atoms with van der Waals surface area (Å²) in [7, 11) is -3.78. The number of hydrogen-bond acceptors (Lipinski definition) is 9. The number of carbonyl (C=O) groups excluding carboxylic acids is 1. The molecule has 3 N–H and O–H groups in total. The van der Waals surface area contributed by atoms with Crippen LogP contribution in [0.3, 0.4) is 0 Å². The van der Waals surface area contributed by atoms with E-state index in [4.69, 9.17) is 14.9 Å².